The van der Waals surface area contributed by atoms with Crippen LogP contribution in [0.5, 0.6) is 5.75 Å². The number of hydrogen-bond donors (Lipinski definition) is 0. The summed E-state index contributed by atoms with van der Waals surface area (Å²) in [6, 6.07) is 5.97. The largest absolute Gasteiger partial charge is 0.496 e. The molecule has 2 rings (SSSR count). The van der Waals surface area contributed by atoms with E-state index in [2.05, 4.69) is 15.9 Å². The molecule has 4 heteroatoms. The lowest BCUT2D eigenvalue weighted by Crippen LogP contribution is -2.13. The van der Waals surface area contributed by atoms with Crippen LogP contribution in [0.3, 0.4) is 0 Å². The molecule has 1 aromatic rings. The number of halogens is 1. The lowest BCUT2D eigenvalue weighted by molar-refractivity contribution is 0.0106. The average Bonchev–Trinajstić information content (AvgIpc) is 2.82. The minimum Gasteiger partial charge on any atom is -0.496 e. The van der Waals surface area contributed by atoms with E-state index in [0.717, 1.165) is 35.2 Å². The molecular formula is C13H17BrO3. The van der Waals surface area contributed by atoms with Crippen molar-refractivity contribution in [3.8, 4) is 5.75 Å². The van der Waals surface area contributed by atoms with Crippen LogP contribution in [0.2, 0.25) is 0 Å². The van der Waals surface area contributed by atoms with Gasteiger partial charge in [0.2, 0.25) is 0 Å². The maximum atomic E-state index is 5.65. The summed E-state index contributed by atoms with van der Waals surface area (Å²) in [4.78, 5) is 0. The second-order valence-electron chi connectivity index (χ2n) is 4.12. The Morgan fingerprint density at radius 2 is 2.35 bits per heavy atom. The van der Waals surface area contributed by atoms with Crippen LogP contribution in [-0.2, 0) is 16.1 Å². The van der Waals surface area contributed by atoms with Crippen LogP contribution in [0.15, 0.2) is 22.7 Å². The first-order chi connectivity index (χ1) is 8.29. The fraction of sp³-hybridized carbons (Fsp3) is 0.538. The van der Waals surface area contributed by atoms with Gasteiger partial charge in [-0.2, -0.15) is 0 Å². The van der Waals surface area contributed by atoms with Crippen molar-refractivity contribution < 1.29 is 14.2 Å². The molecule has 0 bridgehead atoms. The summed E-state index contributed by atoms with van der Waals surface area (Å²) in [7, 11) is 1.66. The molecule has 1 saturated heterocycles. The van der Waals surface area contributed by atoms with Gasteiger partial charge in [0.05, 0.1) is 30.9 Å². The van der Waals surface area contributed by atoms with Gasteiger partial charge in [-0.05, 0) is 46.5 Å². The predicted molar refractivity (Wildman–Crippen MR) is 69.3 cm³/mol. The third-order valence-corrected chi connectivity index (χ3v) is 3.43. The maximum Gasteiger partial charge on any atom is 0.133 e. The van der Waals surface area contributed by atoms with E-state index in [1.54, 1.807) is 7.11 Å². The summed E-state index contributed by atoms with van der Waals surface area (Å²) in [6.07, 6.45) is 2.56. The smallest absolute Gasteiger partial charge is 0.133 e. The predicted octanol–water partition coefficient (Wildman–Crippen LogP) is 3.15. The number of ether oxygens (including phenoxy) is 3. The van der Waals surface area contributed by atoms with Gasteiger partial charge in [-0.3, -0.25) is 0 Å². The van der Waals surface area contributed by atoms with Gasteiger partial charge in [0.25, 0.3) is 0 Å². The highest BCUT2D eigenvalue weighted by Gasteiger charge is 2.15. The van der Waals surface area contributed by atoms with Crippen LogP contribution in [0, 0.1) is 0 Å². The van der Waals surface area contributed by atoms with Crippen molar-refractivity contribution in [3.05, 3.63) is 28.2 Å². The molecule has 0 aliphatic carbocycles. The average molecular weight is 301 g/mol. The molecule has 1 heterocycles. The summed E-state index contributed by atoms with van der Waals surface area (Å²) in [5.74, 6) is 0.841. The van der Waals surface area contributed by atoms with Crippen LogP contribution < -0.4 is 4.74 Å². The van der Waals surface area contributed by atoms with E-state index in [1.165, 1.54) is 0 Å². The van der Waals surface area contributed by atoms with Crippen molar-refractivity contribution in [1.82, 2.24) is 0 Å². The third-order valence-electron chi connectivity index (χ3n) is 2.81. The van der Waals surface area contributed by atoms with Gasteiger partial charge in [0, 0.05) is 6.61 Å². The number of hydrogen-bond acceptors (Lipinski definition) is 3. The zero-order chi connectivity index (χ0) is 12.1. The van der Waals surface area contributed by atoms with Gasteiger partial charge < -0.3 is 14.2 Å². The molecule has 1 fully saturated rings. The monoisotopic (exact) mass is 300 g/mol. The van der Waals surface area contributed by atoms with E-state index >= 15 is 0 Å². The first kappa shape index (κ1) is 12.9. The lowest BCUT2D eigenvalue weighted by atomic mass is 10.2. The van der Waals surface area contributed by atoms with E-state index in [1.807, 2.05) is 18.2 Å². The zero-order valence-corrected chi connectivity index (χ0v) is 11.5. The molecule has 0 amide bonds. The molecule has 1 aliphatic rings. The Kier molecular flexibility index (Phi) is 4.83. The van der Waals surface area contributed by atoms with E-state index < -0.39 is 0 Å². The number of rotatable bonds is 5. The molecule has 0 N–H and O–H groups in total. The molecule has 0 radical (unpaired) electrons. The fourth-order valence-electron chi connectivity index (χ4n) is 1.88. The molecule has 0 aromatic heterocycles. The minimum atomic E-state index is 0.289. The molecule has 1 aromatic carbocycles. The topological polar surface area (TPSA) is 27.7 Å². The van der Waals surface area contributed by atoms with E-state index in [0.29, 0.717) is 13.2 Å². The van der Waals surface area contributed by atoms with E-state index in [-0.39, 0.29) is 6.10 Å². The van der Waals surface area contributed by atoms with Gasteiger partial charge in [0.1, 0.15) is 5.75 Å². The highest BCUT2D eigenvalue weighted by atomic mass is 79.9. The van der Waals surface area contributed by atoms with Crippen LogP contribution >= 0.6 is 15.9 Å². The molecule has 1 unspecified atom stereocenters. The Bertz CT molecular complexity index is 362. The van der Waals surface area contributed by atoms with Crippen LogP contribution in [0.4, 0.5) is 0 Å². The van der Waals surface area contributed by atoms with E-state index in [4.69, 9.17) is 14.2 Å². The standard InChI is InChI=1S/C13H17BrO3/c1-15-13-5-4-10(7-12(13)14)8-16-9-11-3-2-6-17-11/h4-5,7,11H,2-3,6,8-9H2,1H3. The summed E-state index contributed by atoms with van der Waals surface area (Å²) >= 11 is 3.46. The molecule has 17 heavy (non-hydrogen) atoms. The molecule has 1 atom stereocenters. The SMILES string of the molecule is COc1ccc(COCC2CCCO2)cc1Br. The van der Waals surface area contributed by atoms with Crippen LogP contribution in [0.1, 0.15) is 18.4 Å². The first-order valence-electron chi connectivity index (χ1n) is 5.81. The van der Waals surface area contributed by atoms with Crippen molar-refractivity contribution >= 4 is 15.9 Å². The Morgan fingerprint density at radius 1 is 1.47 bits per heavy atom. The minimum absolute atomic E-state index is 0.289. The summed E-state index contributed by atoms with van der Waals surface area (Å²) in [5.41, 5.74) is 1.13. The summed E-state index contributed by atoms with van der Waals surface area (Å²) < 4.78 is 17.3. The second kappa shape index (κ2) is 6.38. The van der Waals surface area contributed by atoms with E-state index in [9.17, 15) is 0 Å². The Balaban J connectivity index is 1.80. The van der Waals surface area contributed by atoms with Gasteiger partial charge >= 0.3 is 0 Å². The lowest BCUT2D eigenvalue weighted by Gasteiger charge is -2.11. The third kappa shape index (κ3) is 3.69. The molecule has 94 valence electrons. The van der Waals surface area contributed by atoms with Crippen molar-refractivity contribution in [1.29, 1.82) is 0 Å². The molecular weight excluding hydrogens is 284 g/mol. The van der Waals surface area contributed by atoms with Crippen molar-refractivity contribution in [2.75, 3.05) is 20.3 Å². The first-order valence-corrected chi connectivity index (χ1v) is 6.60. The molecule has 3 nitrogen and oxygen atoms in total. The summed E-state index contributed by atoms with van der Waals surface area (Å²) in [6.45, 7) is 2.17. The quantitative estimate of drug-likeness (QED) is 0.836. The number of methoxy groups -OCH3 is 1. The van der Waals surface area contributed by atoms with Crippen LogP contribution in [-0.4, -0.2) is 26.4 Å². The Morgan fingerprint density at radius 3 is 3.00 bits per heavy atom. The van der Waals surface area contributed by atoms with Crippen molar-refractivity contribution in [3.63, 3.8) is 0 Å². The Hall–Kier alpha value is -0.580. The maximum absolute atomic E-state index is 5.65. The fourth-order valence-corrected chi connectivity index (χ4v) is 2.47. The van der Waals surface area contributed by atoms with Crippen molar-refractivity contribution in [2.24, 2.45) is 0 Å². The summed E-state index contributed by atoms with van der Waals surface area (Å²) in [5, 5.41) is 0. The molecule has 0 saturated carbocycles. The molecule has 1 aliphatic heterocycles. The van der Waals surface area contributed by atoms with Crippen LogP contribution in [0.25, 0.3) is 0 Å². The van der Waals surface area contributed by atoms with Gasteiger partial charge in [-0.25, -0.2) is 0 Å². The molecule has 0 spiro atoms. The highest BCUT2D eigenvalue weighted by Crippen LogP contribution is 2.25. The van der Waals surface area contributed by atoms with Gasteiger partial charge in [0.15, 0.2) is 0 Å². The Labute approximate surface area is 110 Å². The van der Waals surface area contributed by atoms with Gasteiger partial charge in [-0.15, -0.1) is 0 Å². The highest BCUT2D eigenvalue weighted by molar-refractivity contribution is 9.10. The van der Waals surface area contributed by atoms with Gasteiger partial charge in [-0.1, -0.05) is 6.07 Å². The second-order valence-corrected chi connectivity index (χ2v) is 4.97. The number of benzene rings is 1. The van der Waals surface area contributed by atoms with Crippen molar-refractivity contribution in [2.45, 2.75) is 25.6 Å². The normalized spacial score (nSPS) is 19.5. The zero-order valence-electron chi connectivity index (χ0n) is 9.95.